The molecule has 1 amide bonds. The fourth-order valence-electron chi connectivity index (χ4n) is 2.53. The van der Waals surface area contributed by atoms with Crippen LogP contribution in [0, 0.1) is 0 Å². The van der Waals surface area contributed by atoms with Crippen LogP contribution in [0.15, 0.2) is 53.0 Å². The van der Waals surface area contributed by atoms with Crippen molar-refractivity contribution in [2.24, 2.45) is 0 Å². The van der Waals surface area contributed by atoms with Gasteiger partial charge in [-0.25, -0.2) is 9.59 Å². The quantitative estimate of drug-likeness (QED) is 0.636. The maximum Gasteiger partial charge on any atom is 0.411 e. The van der Waals surface area contributed by atoms with E-state index >= 15 is 0 Å². The van der Waals surface area contributed by atoms with E-state index in [4.69, 9.17) is 16.3 Å². The topological polar surface area (TPSA) is 66.8 Å². The number of amides is 1. The Morgan fingerprint density at radius 2 is 1.92 bits per heavy atom. The average Bonchev–Trinajstić information content (AvgIpc) is 2.62. The summed E-state index contributed by atoms with van der Waals surface area (Å²) in [5.74, 6) is -1.15. The molecule has 0 bridgehead atoms. The molecule has 0 aromatic heterocycles. The maximum atomic E-state index is 12.6. The summed E-state index contributed by atoms with van der Waals surface area (Å²) in [7, 11) is 0. The van der Waals surface area contributed by atoms with Gasteiger partial charge in [-0.05, 0) is 30.2 Å². The molecule has 0 radical (unpaired) electrons. The normalized spacial score (nSPS) is 11.7. The Bertz CT molecular complexity index is 769. The molecule has 0 aliphatic heterocycles. The molecule has 0 aliphatic carbocycles. The van der Waals surface area contributed by atoms with Gasteiger partial charge in [0.15, 0.2) is 6.04 Å². The van der Waals surface area contributed by atoms with Crippen molar-refractivity contribution in [2.45, 2.75) is 26.0 Å². The van der Waals surface area contributed by atoms with Crippen LogP contribution >= 0.6 is 27.5 Å². The lowest BCUT2D eigenvalue weighted by Crippen LogP contribution is -2.40. The minimum Gasteiger partial charge on any atom is -0.479 e. The molecule has 2 rings (SSSR count). The zero-order valence-electron chi connectivity index (χ0n) is 14.2. The van der Waals surface area contributed by atoms with Crippen LogP contribution in [-0.2, 0) is 16.1 Å². The van der Waals surface area contributed by atoms with Crippen molar-refractivity contribution in [3.8, 4) is 0 Å². The lowest BCUT2D eigenvalue weighted by atomic mass is 10.1. The van der Waals surface area contributed by atoms with E-state index in [0.29, 0.717) is 21.5 Å². The fraction of sp³-hybridized carbons (Fsp3) is 0.263. The van der Waals surface area contributed by atoms with Gasteiger partial charge in [0.05, 0.1) is 0 Å². The highest BCUT2D eigenvalue weighted by Crippen LogP contribution is 2.31. The molecule has 0 saturated carbocycles. The van der Waals surface area contributed by atoms with Crippen molar-refractivity contribution >= 4 is 39.6 Å². The number of aliphatic carboxylic acids is 1. The van der Waals surface area contributed by atoms with Gasteiger partial charge in [0.2, 0.25) is 0 Å². The lowest BCUT2D eigenvalue weighted by molar-refractivity contribution is -0.143. The second-order valence-corrected chi connectivity index (χ2v) is 6.93. The number of halogens is 2. The summed E-state index contributed by atoms with van der Waals surface area (Å²) >= 11 is 9.36. The van der Waals surface area contributed by atoms with Gasteiger partial charge in [0.25, 0.3) is 0 Å². The number of carbonyl (C=O) groups is 2. The highest BCUT2D eigenvalue weighted by molar-refractivity contribution is 9.10. The van der Waals surface area contributed by atoms with Gasteiger partial charge < -0.3 is 9.84 Å². The van der Waals surface area contributed by atoms with Crippen molar-refractivity contribution in [3.05, 3.63) is 69.2 Å². The molecule has 0 saturated heterocycles. The van der Waals surface area contributed by atoms with E-state index in [-0.39, 0.29) is 13.2 Å². The Kier molecular flexibility index (Phi) is 7.48. The SMILES string of the molecule is CCCN(C(=O)OCc1ccccc1)C(C(=O)O)c1cc(Cl)ccc1Br. The summed E-state index contributed by atoms with van der Waals surface area (Å²) in [5.41, 5.74) is 1.23. The van der Waals surface area contributed by atoms with E-state index in [1.807, 2.05) is 37.3 Å². The summed E-state index contributed by atoms with van der Waals surface area (Å²) in [4.78, 5) is 25.8. The molecule has 26 heavy (non-hydrogen) atoms. The molecule has 138 valence electrons. The number of benzene rings is 2. The molecule has 1 N–H and O–H groups in total. The minimum absolute atomic E-state index is 0.0724. The summed E-state index contributed by atoms with van der Waals surface area (Å²) in [6.07, 6.45) is -0.0995. The highest BCUT2D eigenvalue weighted by atomic mass is 79.9. The van der Waals surface area contributed by atoms with E-state index in [0.717, 1.165) is 5.56 Å². The maximum absolute atomic E-state index is 12.6. The van der Waals surface area contributed by atoms with Crippen LogP contribution < -0.4 is 0 Å². The molecule has 7 heteroatoms. The molecule has 5 nitrogen and oxygen atoms in total. The lowest BCUT2D eigenvalue weighted by Gasteiger charge is -2.29. The fourth-order valence-corrected chi connectivity index (χ4v) is 3.17. The second-order valence-electron chi connectivity index (χ2n) is 5.64. The largest absolute Gasteiger partial charge is 0.479 e. The number of carbonyl (C=O) groups excluding carboxylic acids is 1. The van der Waals surface area contributed by atoms with Crippen LogP contribution in [0.3, 0.4) is 0 Å². The number of carboxylic acids is 1. The van der Waals surface area contributed by atoms with E-state index in [9.17, 15) is 14.7 Å². The van der Waals surface area contributed by atoms with Gasteiger partial charge in [-0.2, -0.15) is 0 Å². The summed E-state index contributed by atoms with van der Waals surface area (Å²) in [6, 6.07) is 12.9. The number of carboxylic acid groups (broad SMARTS) is 1. The summed E-state index contributed by atoms with van der Waals surface area (Å²) in [6.45, 7) is 2.18. The third kappa shape index (κ3) is 5.22. The average molecular weight is 441 g/mol. The van der Waals surface area contributed by atoms with Gasteiger partial charge in [-0.1, -0.05) is 64.8 Å². The highest BCUT2D eigenvalue weighted by Gasteiger charge is 2.33. The molecule has 2 aromatic rings. The third-order valence-corrected chi connectivity index (χ3v) is 4.66. The van der Waals surface area contributed by atoms with Gasteiger partial charge in [0, 0.05) is 21.6 Å². The van der Waals surface area contributed by atoms with E-state index in [1.54, 1.807) is 12.1 Å². The Labute approximate surface area is 165 Å². The van der Waals surface area contributed by atoms with Crippen molar-refractivity contribution in [1.29, 1.82) is 0 Å². The smallest absolute Gasteiger partial charge is 0.411 e. The second kappa shape index (κ2) is 9.59. The number of hydrogen-bond acceptors (Lipinski definition) is 3. The van der Waals surface area contributed by atoms with Gasteiger partial charge in [-0.15, -0.1) is 0 Å². The molecular weight excluding hydrogens is 422 g/mol. The Hall–Kier alpha value is -2.05. The molecule has 1 unspecified atom stereocenters. The zero-order valence-corrected chi connectivity index (χ0v) is 16.5. The molecule has 0 spiro atoms. The van der Waals surface area contributed by atoms with Crippen LogP contribution in [0.5, 0.6) is 0 Å². The first-order valence-corrected chi connectivity index (χ1v) is 9.26. The first kappa shape index (κ1) is 20.3. The monoisotopic (exact) mass is 439 g/mol. The Morgan fingerprint density at radius 3 is 2.54 bits per heavy atom. The summed E-state index contributed by atoms with van der Waals surface area (Å²) < 4.78 is 5.90. The van der Waals surface area contributed by atoms with E-state index < -0.39 is 18.1 Å². The number of hydrogen-bond donors (Lipinski definition) is 1. The minimum atomic E-state index is -1.20. The van der Waals surface area contributed by atoms with Gasteiger partial charge in [0.1, 0.15) is 6.61 Å². The van der Waals surface area contributed by atoms with Crippen LogP contribution in [0.2, 0.25) is 5.02 Å². The molecule has 0 heterocycles. The van der Waals surface area contributed by atoms with Crippen molar-refractivity contribution in [2.75, 3.05) is 6.54 Å². The first-order valence-electron chi connectivity index (χ1n) is 8.09. The third-order valence-electron chi connectivity index (χ3n) is 3.70. The van der Waals surface area contributed by atoms with Crippen LogP contribution in [0.4, 0.5) is 4.79 Å². The Balaban J connectivity index is 2.27. The predicted molar refractivity (Wildman–Crippen MR) is 103 cm³/mol. The van der Waals surface area contributed by atoms with Crippen molar-refractivity contribution < 1.29 is 19.4 Å². The van der Waals surface area contributed by atoms with Crippen LogP contribution in [-0.4, -0.2) is 28.6 Å². The first-order chi connectivity index (χ1) is 12.4. The standard InChI is InChI=1S/C19H19BrClNO4/c1-2-10-22(19(25)26-12-13-6-4-3-5-7-13)17(18(23)24)15-11-14(21)8-9-16(15)20/h3-9,11,17H,2,10,12H2,1H3,(H,23,24). The Morgan fingerprint density at radius 1 is 1.23 bits per heavy atom. The van der Waals surface area contributed by atoms with Crippen molar-refractivity contribution in [3.63, 3.8) is 0 Å². The van der Waals surface area contributed by atoms with E-state index in [1.165, 1.54) is 11.0 Å². The van der Waals surface area contributed by atoms with Crippen LogP contribution in [0.1, 0.15) is 30.5 Å². The molecule has 1 atom stereocenters. The van der Waals surface area contributed by atoms with Gasteiger partial charge >= 0.3 is 12.1 Å². The van der Waals surface area contributed by atoms with Crippen molar-refractivity contribution in [1.82, 2.24) is 4.90 Å². The zero-order chi connectivity index (χ0) is 19.1. The van der Waals surface area contributed by atoms with Gasteiger partial charge in [-0.3, -0.25) is 4.90 Å². The molecule has 0 aliphatic rings. The number of ether oxygens (including phenoxy) is 1. The molecule has 0 fully saturated rings. The molecular formula is C19H19BrClNO4. The summed E-state index contributed by atoms with van der Waals surface area (Å²) in [5, 5.41) is 10.2. The van der Waals surface area contributed by atoms with Crippen LogP contribution in [0.25, 0.3) is 0 Å². The number of nitrogens with zero attached hydrogens (tertiary/aromatic N) is 1. The van der Waals surface area contributed by atoms with E-state index in [2.05, 4.69) is 15.9 Å². The predicted octanol–water partition coefficient (Wildman–Crippen LogP) is 5.28. The molecule has 2 aromatic carbocycles. The number of rotatable bonds is 7.